The number of carbonyl (C=O) groups is 2. The molecule has 0 atom stereocenters. The van der Waals surface area contributed by atoms with E-state index < -0.39 is 0 Å². The highest BCUT2D eigenvalue weighted by Crippen LogP contribution is 2.38. The fourth-order valence-corrected chi connectivity index (χ4v) is 4.40. The van der Waals surface area contributed by atoms with Gasteiger partial charge < -0.3 is 16.0 Å². The number of piperidine rings is 1. The van der Waals surface area contributed by atoms with Gasteiger partial charge in [-0.25, -0.2) is 0 Å². The Morgan fingerprint density at radius 2 is 1.57 bits per heavy atom. The monoisotopic (exact) mass is 407 g/mol. The minimum atomic E-state index is -0.00689. The summed E-state index contributed by atoms with van der Waals surface area (Å²) in [6.07, 6.45) is 9.66. The summed E-state index contributed by atoms with van der Waals surface area (Å²) in [5, 5.41) is 3.03. The number of likely N-dealkylation sites (tertiary alicyclic amines) is 1. The molecule has 0 radical (unpaired) electrons. The third-order valence-corrected chi connectivity index (χ3v) is 6.22. The molecule has 0 bridgehead atoms. The second kappa shape index (κ2) is 10.8. The maximum atomic E-state index is 12.5. The zero-order chi connectivity index (χ0) is 19.1. The maximum Gasteiger partial charge on any atom is 0.253 e. The summed E-state index contributed by atoms with van der Waals surface area (Å²) in [5.41, 5.74) is 7.73. The first-order valence-electron chi connectivity index (χ1n) is 10.5. The quantitative estimate of drug-likeness (QED) is 0.755. The van der Waals surface area contributed by atoms with Gasteiger partial charge in [0.25, 0.3) is 5.91 Å². The summed E-state index contributed by atoms with van der Waals surface area (Å²) in [6, 6.07) is 7.63. The number of amides is 2. The van der Waals surface area contributed by atoms with Crippen molar-refractivity contribution in [1.29, 1.82) is 0 Å². The summed E-state index contributed by atoms with van der Waals surface area (Å²) in [6.45, 7) is 2.81. The van der Waals surface area contributed by atoms with Crippen molar-refractivity contribution in [2.45, 2.75) is 64.3 Å². The highest BCUT2D eigenvalue weighted by atomic mass is 35.5. The Hall–Kier alpha value is -1.59. The summed E-state index contributed by atoms with van der Waals surface area (Å²) in [5.74, 6) is 0.197. The van der Waals surface area contributed by atoms with Gasteiger partial charge in [0.15, 0.2) is 0 Å². The standard InChI is InChI=1S/C22H33N3O2.ClH/c23-17-22(11-3-1-4-12-22)15-20(26)24-16-18-7-9-19(10-8-18)21(27)25-13-5-2-6-14-25;/h7-10H,1-6,11-17,23H2,(H,24,26);1H. The largest absolute Gasteiger partial charge is 0.352 e. The minimum absolute atomic E-state index is 0. The van der Waals surface area contributed by atoms with Crippen LogP contribution in [0.1, 0.15) is 73.7 Å². The molecule has 1 aliphatic heterocycles. The first-order chi connectivity index (χ1) is 13.1. The molecule has 1 saturated carbocycles. The molecule has 3 rings (SSSR count). The molecule has 1 saturated heterocycles. The van der Waals surface area contributed by atoms with Crippen molar-refractivity contribution in [3.8, 4) is 0 Å². The van der Waals surface area contributed by atoms with Crippen LogP contribution in [-0.2, 0) is 11.3 Å². The van der Waals surface area contributed by atoms with Crippen LogP contribution in [-0.4, -0.2) is 36.3 Å². The molecule has 1 aromatic rings. The summed E-state index contributed by atoms with van der Waals surface area (Å²) in [7, 11) is 0. The van der Waals surface area contributed by atoms with E-state index in [2.05, 4.69) is 5.32 Å². The molecule has 156 valence electrons. The molecule has 5 nitrogen and oxygen atoms in total. The molecule has 6 heteroatoms. The van der Waals surface area contributed by atoms with Crippen LogP contribution >= 0.6 is 12.4 Å². The van der Waals surface area contributed by atoms with E-state index in [9.17, 15) is 9.59 Å². The molecule has 0 unspecified atom stereocenters. The van der Waals surface area contributed by atoms with E-state index in [0.29, 0.717) is 19.5 Å². The van der Waals surface area contributed by atoms with Gasteiger partial charge in [-0.3, -0.25) is 9.59 Å². The van der Waals surface area contributed by atoms with Crippen molar-refractivity contribution in [3.05, 3.63) is 35.4 Å². The molecule has 1 heterocycles. The number of hydrogen-bond donors (Lipinski definition) is 2. The second-order valence-corrected chi connectivity index (χ2v) is 8.27. The second-order valence-electron chi connectivity index (χ2n) is 8.27. The van der Waals surface area contributed by atoms with E-state index in [0.717, 1.165) is 49.9 Å². The lowest BCUT2D eigenvalue weighted by atomic mass is 9.71. The highest BCUT2D eigenvalue weighted by Gasteiger charge is 2.32. The summed E-state index contributed by atoms with van der Waals surface area (Å²) >= 11 is 0. The molecular weight excluding hydrogens is 374 g/mol. The number of hydrogen-bond acceptors (Lipinski definition) is 3. The number of nitrogens with one attached hydrogen (secondary N) is 1. The van der Waals surface area contributed by atoms with Crippen molar-refractivity contribution >= 4 is 24.2 Å². The zero-order valence-electron chi connectivity index (χ0n) is 16.8. The molecular formula is C22H34ClN3O2. The molecule has 28 heavy (non-hydrogen) atoms. The fraction of sp³-hybridized carbons (Fsp3) is 0.636. The predicted octanol–water partition coefficient (Wildman–Crippen LogP) is 3.65. The molecule has 2 aliphatic rings. The van der Waals surface area contributed by atoms with Crippen molar-refractivity contribution in [1.82, 2.24) is 10.2 Å². The molecule has 0 aromatic heterocycles. The SMILES string of the molecule is Cl.NCC1(CC(=O)NCc2ccc(C(=O)N3CCCCC3)cc2)CCCCC1. The third kappa shape index (κ3) is 5.95. The maximum absolute atomic E-state index is 12.5. The van der Waals surface area contributed by atoms with Gasteiger partial charge in [-0.15, -0.1) is 12.4 Å². The predicted molar refractivity (Wildman–Crippen MR) is 114 cm³/mol. The molecule has 2 fully saturated rings. The Kier molecular flexibility index (Phi) is 8.77. The number of nitrogens with zero attached hydrogens (tertiary/aromatic N) is 1. The third-order valence-electron chi connectivity index (χ3n) is 6.22. The Morgan fingerprint density at radius 3 is 2.18 bits per heavy atom. The van der Waals surface area contributed by atoms with Crippen LogP contribution in [0.4, 0.5) is 0 Å². The van der Waals surface area contributed by atoms with Crippen LogP contribution in [0.5, 0.6) is 0 Å². The highest BCUT2D eigenvalue weighted by molar-refractivity contribution is 5.94. The van der Waals surface area contributed by atoms with Gasteiger partial charge in [0.2, 0.25) is 5.91 Å². The van der Waals surface area contributed by atoms with Gasteiger partial charge >= 0.3 is 0 Å². The molecule has 0 spiro atoms. The lowest BCUT2D eigenvalue weighted by molar-refractivity contribution is -0.124. The Morgan fingerprint density at radius 1 is 0.964 bits per heavy atom. The van der Waals surface area contributed by atoms with E-state index in [1.807, 2.05) is 29.2 Å². The minimum Gasteiger partial charge on any atom is -0.352 e. The van der Waals surface area contributed by atoms with Gasteiger partial charge in [0.1, 0.15) is 0 Å². The van der Waals surface area contributed by atoms with E-state index in [4.69, 9.17) is 5.73 Å². The van der Waals surface area contributed by atoms with Crippen LogP contribution in [0, 0.1) is 5.41 Å². The van der Waals surface area contributed by atoms with Crippen molar-refractivity contribution < 1.29 is 9.59 Å². The molecule has 1 aliphatic carbocycles. The van der Waals surface area contributed by atoms with E-state index in [1.165, 1.54) is 25.7 Å². The van der Waals surface area contributed by atoms with E-state index in [-0.39, 0.29) is 29.6 Å². The van der Waals surface area contributed by atoms with E-state index in [1.54, 1.807) is 0 Å². The molecule has 1 aromatic carbocycles. The Balaban J connectivity index is 0.00000280. The Bertz CT molecular complexity index is 636. The molecule has 2 amide bonds. The Labute approximate surface area is 174 Å². The number of carbonyl (C=O) groups excluding carboxylic acids is 2. The van der Waals surface area contributed by atoms with Gasteiger partial charge in [-0.1, -0.05) is 31.4 Å². The lowest BCUT2D eigenvalue weighted by Crippen LogP contribution is -2.38. The van der Waals surface area contributed by atoms with Crippen molar-refractivity contribution in [3.63, 3.8) is 0 Å². The smallest absolute Gasteiger partial charge is 0.253 e. The van der Waals surface area contributed by atoms with Crippen LogP contribution in [0.15, 0.2) is 24.3 Å². The van der Waals surface area contributed by atoms with Crippen LogP contribution in [0.25, 0.3) is 0 Å². The van der Waals surface area contributed by atoms with Crippen molar-refractivity contribution in [2.24, 2.45) is 11.1 Å². The van der Waals surface area contributed by atoms with Crippen LogP contribution in [0.3, 0.4) is 0 Å². The normalized spacial score (nSPS) is 18.8. The van der Waals surface area contributed by atoms with Gasteiger partial charge in [-0.05, 0) is 61.8 Å². The zero-order valence-corrected chi connectivity index (χ0v) is 17.6. The topological polar surface area (TPSA) is 75.4 Å². The first kappa shape index (κ1) is 22.7. The molecule has 3 N–H and O–H groups in total. The first-order valence-corrected chi connectivity index (χ1v) is 10.5. The number of nitrogens with two attached hydrogens (primary N) is 1. The summed E-state index contributed by atoms with van der Waals surface area (Å²) < 4.78 is 0. The lowest BCUT2D eigenvalue weighted by Gasteiger charge is -2.35. The van der Waals surface area contributed by atoms with Crippen LogP contribution < -0.4 is 11.1 Å². The number of rotatable bonds is 6. The fourth-order valence-electron chi connectivity index (χ4n) is 4.40. The summed E-state index contributed by atoms with van der Waals surface area (Å²) in [4.78, 5) is 26.9. The van der Waals surface area contributed by atoms with Gasteiger partial charge in [-0.2, -0.15) is 0 Å². The number of halogens is 1. The van der Waals surface area contributed by atoms with Crippen LogP contribution in [0.2, 0.25) is 0 Å². The van der Waals surface area contributed by atoms with Gasteiger partial charge in [0, 0.05) is 31.6 Å². The van der Waals surface area contributed by atoms with E-state index >= 15 is 0 Å². The average molecular weight is 408 g/mol. The van der Waals surface area contributed by atoms with Gasteiger partial charge in [0.05, 0.1) is 0 Å². The average Bonchev–Trinajstić information content (AvgIpc) is 2.73. The number of benzene rings is 1. The van der Waals surface area contributed by atoms with Crippen molar-refractivity contribution in [2.75, 3.05) is 19.6 Å².